The average Bonchev–Trinajstić information content (AvgIpc) is 2.44. The van der Waals surface area contributed by atoms with Crippen LogP contribution in [0.4, 0.5) is 11.4 Å². The molecule has 0 radical (unpaired) electrons. The SMILES string of the molecule is NN=Nc1ccc(Oc2ccc(N=NN)cc2)cc1. The summed E-state index contributed by atoms with van der Waals surface area (Å²) in [6.45, 7) is 0. The maximum absolute atomic E-state index is 5.64. The monoisotopic (exact) mass is 256 g/mol. The van der Waals surface area contributed by atoms with E-state index < -0.39 is 0 Å². The van der Waals surface area contributed by atoms with E-state index in [0.29, 0.717) is 22.9 Å². The standard InChI is InChI=1S/C12H12N6O/c13-17-15-9-1-5-11(6-2-9)19-12-7-3-10(4-8-12)16-18-14/h1-8H,(H2,13,15)(H2,14,16). The maximum atomic E-state index is 5.64. The molecule has 0 aliphatic rings. The fourth-order valence-electron chi connectivity index (χ4n) is 1.43. The van der Waals surface area contributed by atoms with Crippen LogP contribution in [0.1, 0.15) is 0 Å². The Hall–Kier alpha value is -2.96. The second kappa shape index (κ2) is 6.10. The Balaban J connectivity index is 2.07. The van der Waals surface area contributed by atoms with Crippen LogP contribution in [0.5, 0.6) is 11.5 Å². The van der Waals surface area contributed by atoms with Crippen LogP contribution in [0.25, 0.3) is 0 Å². The Bertz CT molecular complexity index is 523. The van der Waals surface area contributed by atoms with Gasteiger partial charge in [0.2, 0.25) is 0 Å². The van der Waals surface area contributed by atoms with Gasteiger partial charge in [-0.15, -0.1) is 10.2 Å². The number of hydrogen-bond donors (Lipinski definition) is 2. The van der Waals surface area contributed by atoms with E-state index in [1.165, 1.54) is 0 Å². The summed E-state index contributed by atoms with van der Waals surface area (Å²) >= 11 is 0. The normalized spacial score (nSPS) is 11.2. The largest absolute Gasteiger partial charge is 0.457 e. The zero-order valence-corrected chi connectivity index (χ0v) is 9.97. The summed E-state index contributed by atoms with van der Waals surface area (Å²) in [4.78, 5) is 0. The number of ether oxygens (including phenoxy) is 1. The van der Waals surface area contributed by atoms with Crippen LogP contribution in [0.3, 0.4) is 0 Å². The van der Waals surface area contributed by atoms with Gasteiger partial charge in [0, 0.05) is 0 Å². The van der Waals surface area contributed by atoms with Gasteiger partial charge in [-0.1, -0.05) is 10.4 Å². The highest BCUT2D eigenvalue weighted by Gasteiger charge is 1.98. The van der Waals surface area contributed by atoms with Crippen molar-refractivity contribution in [2.24, 2.45) is 32.4 Å². The quantitative estimate of drug-likeness (QED) is 0.496. The van der Waals surface area contributed by atoms with Crippen LogP contribution in [0.2, 0.25) is 0 Å². The Morgan fingerprint density at radius 1 is 0.632 bits per heavy atom. The molecule has 0 spiro atoms. The van der Waals surface area contributed by atoms with Crippen molar-refractivity contribution in [2.45, 2.75) is 0 Å². The zero-order valence-electron chi connectivity index (χ0n) is 9.97. The molecule has 0 saturated heterocycles. The van der Waals surface area contributed by atoms with Crippen LogP contribution >= 0.6 is 0 Å². The number of hydrogen-bond acceptors (Lipinski definition) is 5. The number of nitrogens with two attached hydrogens (primary N) is 2. The summed E-state index contributed by atoms with van der Waals surface area (Å²) in [5, 5.41) is 13.8. The van der Waals surface area contributed by atoms with Gasteiger partial charge in [-0.2, -0.15) is 0 Å². The summed E-state index contributed by atoms with van der Waals surface area (Å²) in [7, 11) is 0. The maximum Gasteiger partial charge on any atom is 0.127 e. The average molecular weight is 256 g/mol. The van der Waals surface area contributed by atoms with E-state index in [1.807, 2.05) is 0 Å². The van der Waals surface area contributed by atoms with E-state index in [9.17, 15) is 0 Å². The third-order valence-corrected chi connectivity index (χ3v) is 2.26. The lowest BCUT2D eigenvalue weighted by molar-refractivity contribution is 0.483. The highest BCUT2D eigenvalue weighted by Crippen LogP contribution is 2.25. The molecule has 0 bridgehead atoms. The summed E-state index contributed by atoms with van der Waals surface area (Å²) in [5.41, 5.74) is 1.32. The lowest BCUT2D eigenvalue weighted by Crippen LogP contribution is -1.83. The van der Waals surface area contributed by atoms with E-state index in [-0.39, 0.29) is 0 Å². The second-order valence-corrected chi connectivity index (χ2v) is 3.52. The van der Waals surface area contributed by atoms with Crippen molar-refractivity contribution < 1.29 is 4.74 Å². The molecule has 0 amide bonds. The molecule has 0 saturated carbocycles. The van der Waals surface area contributed by atoms with Crippen LogP contribution < -0.4 is 16.4 Å². The van der Waals surface area contributed by atoms with Gasteiger partial charge in [0.15, 0.2) is 0 Å². The molecule has 0 aliphatic heterocycles. The number of rotatable bonds is 4. The van der Waals surface area contributed by atoms with E-state index in [1.54, 1.807) is 48.5 Å². The molecule has 2 rings (SSSR count). The van der Waals surface area contributed by atoms with Crippen molar-refractivity contribution in [1.29, 1.82) is 0 Å². The van der Waals surface area contributed by atoms with Crippen LogP contribution in [0, 0.1) is 0 Å². The molecule has 4 N–H and O–H groups in total. The topological polar surface area (TPSA) is 111 Å². The van der Waals surface area contributed by atoms with Crippen LogP contribution in [0.15, 0.2) is 69.2 Å². The summed E-state index contributed by atoms with van der Waals surface area (Å²) in [5.74, 6) is 11.3. The molecule has 0 aliphatic carbocycles. The predicted molar refractivity (Wildman–Crippen MR) is 70.4 cm³/mol. The first-order valence-corrected chi connectivity index (χ1v) is 5.41. The first-order chi connectivity index (χ1) is 9.31. The third-order valence-electron chi connectivity index (χ3n) is 2.26. The van der Waals surface area contributed by atoms with Gasteiger partial charge in [-0.3, -0.25) is 0 Å². The summed E-state index contributed by atoms with van der Waals surface area (Å²) < 4.78 is 5.64. The van der Waals surface area contributed by atoms with Crippen LogP contribution in [-0.4, -0.2) is 0 Å². The van der Waals surface area contributed by atoms with Crippen molar-refractivity contribution in [1.82, 2.24) is 0 Å². The molecule has 7 nitrogen and oxygen atoms in total. The van der Waals surface area contributed by atoms with Crippen molar-refractivity contribution in [3.63, 3.8) is 0 Å². The molecule has 0 heterocycles. The van der Waals surface area contributed by atoms with Gasteiger partial charge >= 0.3 is 0 Å². The summed E-state index contributed by atoms with van der Waals surface area (Å²) in [6.07, 6.45) is 0. The highest BCUT2D eigenvalue weighted by atomic mass is 16.5. The smallest absolute Gasteiger partial charge is 0.127 e. The second-order valence-electron chi connectivity index (χ2n) is 3.52. The van der Waals surface area contributed by atoms with Crippen molar-refractivity contribution in [3.05, 3.63) is 48.5 Å². The molecule has 19 heavy (non-hydrogen) atoms. The first kappa shape index (κ1) is 12.5. The van der Waals surface area contributed by atoms with E-state index >= 15 is 0 Å². The molecule has 96 valence electrons. The fourth-order valence-corrected chi connectivity index (χ4v) is 1.43. The van der Waals surface area contributed by atoms with Crippen molar-refractivity contribution >= 4 is 11.4 Å². The number of nitrogens with zero attached hydrogens (tertiary/aromatic N) is 4. The van der Waals surface area contributed by atoms with Gasteiger partial charge < -0.3 is 16.4 Å². The van der Waals surface area contributed by atoms with Gasteiger partial charge in [-0.25, -0.2) is 0 Å². The number of benzene rings is 2. The Morgan fingerprint density at radius 3 is 1.32 bits per heavy atom. The van der Waals surface area contributed by atoms with Gasteiger partial charge in [0.25, 0.3) is 0 Å². The Kier molecular flexibility index (Phi) is 4.01. The van der Waals surface area contributed by atoms with Gasteiger partial charge in [0.05, 0.1) is 11.4 Å². The Labute approximate surface area is 109 Å². The van der Waals surface area contributed by atoms with Crippen molar-refractivity contribution in [3.8, 4) is 11.5 Å². The molecule has 0 aromatic heterocycles. The minimum atomic E-state index is 0.661. The molecule has 2 aromatic rings. The minimum absolute atomic E-state index is 0.661. The molecular formula is C12H12N6O. The van der Waals surface area contributed by atoms with Gasteiger partial charge in [0.1, 0.15) is 11.5 Å². The van der Waals surface area contributed by atoms with E-state index in [2.05, 4.69) is 20.7 Å². The molecule has 0 fully saturated rings. The Morgan fingerprint density at radius 2 is 1.00 bits per heavy atom. The first-order valence-electron chi connectivity index (χ1n) is 5.41. The molecule has 7 heteroatoms. The van der Waals surface area contributed by atoms with E-state index in [0.717, 1.165) is 0 Å². The summed E-state index contributed by atoms with van der Waals surface area (Å²) in [6, 6.07) is 14.1. The van der Waals surface area contributed by atoms with Crippen molar-refractivity contribution in [2.75, 3.05) is 0 Å². The molecule has 0 unspecified atom stereocenters. The van der Waals surface area contributed by atoms with Crippen LogP contribution in [-0.2, 0) is 0 Å². The lowest BCUT2D eigenvalue weighted by Gasteiger charge is -2.05. The lowest BCUT2D eigenvalue weighted by atomic mass is 10.3. The fraction of sp³-hybridized carbons (Fsp3) is 0. The molecule has 2 aromatic carbocycles. The minimum Gasteiger partial charge on any atom is -0.457 e. The van der Waals surface area contributed by atoms with E-state index in [4.69, 9.17) is 16.4 Å². The third kappa shape index (κ3) is 3.50. The highest BCUT2D eigenvalue weighted by molar-refractivity contribution is 5.44. The van der Waals surface area contributed by atoms with Gasteiger partial charge in [-0.05, 0) is 48.5 Å². The molecule has 0 atom stereocenters. The zero-order chi connectivity index (χ0) is 13.5. The molecular weight excluding hydrogens is 244 g/mol. The predicted octanol–water partition coefficient (Wildman–Crippen LogP) is 3.39.